The van der Waals surface area contributed by atoms with Crippen LogP contribution in [0.4, 0.5) is 4.79 Å². The van der Waals surface area contributed by atoms with Crippen molar-refractivity contribution in [2.75, 3.05) is 26.7 Å². The molecule has 1 aromatic rings. The summed E-state index contributed by atoms with van der Waals surface area (Å²) in [5.74, 6) is 0. The van der Waals surface area contributed by atoms with E-state index in [4.69, 9.17) is 4.74 Å². The zero-order valence-corrected chi connectivity index (χ0v) is 12.0. The Morgan fingerprint density at radius 1 is 1.53 bits per heavy atom. The number of carbonyl (C=O) groups is 1. The predicted molar refractivity (Wildman–Crippen MR) is 74.0 cm³/mol. The molecule has 0 aliphatic carbocycles. The van der Waals surface area contributed by atoms with Crippen LogP contribution in [0.15, 0.2) is 18.7 Å². The van der Waals surface area contributed by atoms with E-state index in [1.54, 1.807) is 24.5 Å². The van der Waals surface area contributed by atoms with E-state index < -0.39 is 0 Å². The molecule has 1 aromatic heterocycles. The van der Waals surface area contributed by atoms with Crippen LogP contribution < -0.4 is 5.32 Å². The van der Waals surface area contributed by atoms with Crippen molar-refractivity contribution in [1.29, 1.82) is 0 Å². The van der Waals surface area contributed by atoms with Crippen LogP contribution in [0.1, 0.15) is 20.3 Å². The molecular weight excluding hydrogens is 244 g/mol. The second kappa shape index (κ2) is 8.53. The van der Waals surface area contributed by atoms with Crippen molar-refractivity contribution in [3.63, 3.8) is 0 Å². The number of aromatic nitrogens is 2. The summed E-state index contributed by atoms with van der Waals surface area (Å²) in [7, 11) is 1.79. The lowest BCUT2D eigenvalue weighted by Crippen LogP contribution is -2.42. The summed E-state index contributed by atoms with van der Waals surface area (Å²) in [5, 5.41) is 2.89. The Morgan fingerprint density at radius 3 is 2.89 bits per heavy atom. The number of carbonyl (C=O) groups excluding carboxylic acids is 1. The molecule has 0 radical (unpaired) electrons. The molecule has 0 saturated heterocycles. The number of ether oxygens (including phenoxy) is 1. The smallest absolute Gasteiger partial charge is 0.317 e. The highest BCUT2D eigenvalue weighted by molar-refractivity contribution is 5.73. The fraction of sp³-hybridized carbons (Fsp3) is 0.692. The second-order valence-electron chi connectivity index (χ2n) is 4.39. The highest BCUT2D eigenvalue weighted by atomic mass is 16.5. The topological polar surface area (TPSA) is 59.4 Å². The lowest BCUT2D eigenvalue weighted by molar-refractivity contribution is 0.0608. The van der Waals surface area contributed by atoms with Crippen LogP contribution in [0.5, 0.6) is 0 Å². The average molecular weight is 268 g/mol. The molecule has 19 heavy (non-hydrogen) atoms. The standard InChI is InChI=1S/C13H24N4O2/c1-4-12(19-5-2)10-15-13(18)16(3)8-9-17-7-6-14-11-17/h6-7,11-12H,4-5,8-10H2,1-3H3,(H,15,18)/t12-/m0/s1. The number of nitrogens with one attached hydrogen (secondary N) is 1. The highest BCUT2D eigenvalue weighted by Gasteiger charge is 2.11. The Bertz CT molecular complexity index is 354. The minimum absolute atomic E-state index is 0.0710. The molecule has 108 valence electrons. The average Bonchev–Trinajstić information content (AvgIpc) is 2.93. The van der Waals surface area contributed by atoms with Crippen LogP contribution in [0.2, 0.25) is 0 Å². The van der Waals surface area contributed by atoms with Crippen molar-refractivity contribution in [2.24, 2.45) is 0 Å². The number of rotatable bonds is 8. The first kappa shape index (κ1) is 15.5. The number of imidazole rings is 1. The lowest BCUT2D eigenvalue weighted by Gasteiger charge is -2.21. The summed E-state index contributed by atoms with van der Waals surface area (Å²) in [5.41, 5.74) is 0. The summed E-state index contributed by atoms with van der Waals surface area (Å²) in [6.07, 6.45) is 6.35. The van der Waals surface area contributed by atoms with Crippen LogP contribution in [-0.4, -0.2) is 53.3 Å². The van der Waals surface area contributed by atoms with Gasteiger partial charge in [0.2, 0.25) is 0 Å². The Morgan fingerprint density at radius 2 is 2.32 bits per heavy atom. The third kappa shape index (κ3) is 5.74. The van der Waals surface area contributed by atoms with E-state index in [-0.39, 0.29) is 12.1 Å². The van der Waals surface area contributed by atoms with Gasteiger partial charge in [0, 0.05) is 45.7 Å². The maximum atomic E-state index is 11.9. The van der Waals surface area contributed by atoms with E-state index in [0.717, 1.165) is 13.0 Å². The predicted octanol–water partition coefficient (Wildman–Crippen LogP) is 1.34. The van der Waals surface area contributed by atoms with E-state index in [1.807, 2.05) is 17.7 Å². The number of hydrogen-bond donors (Lipinski definition) is 1. The van der Waals surface area contributed by atoms with Crippen LogP contribution in [-0.2, 0) is 11.3 Å². The lowest BCUT2D eigenvalue weighted by atomic mass is 10.3. The minimum atomic E-state index is -0.0710. The number of urea groups is 1. The Labute approximate surface area is 114 Å². The quantitative estimate of drug-likeness (QED) is 0.774. The molecule has 0 aliphatic rings. The van der Waals surface area contributed by atoms with Crippen LogP contribution in [0.25, 0.3) is 0 Å². The third-order valence-electron chi connectivity index (χ3n) is 2.94. The molecule has 0 fully saturated rings. The number of likely N-dealkylation sites (N-methyl/N-ethyl adjacent to an activating group) is 1. The zero-order valence-electron chi connectivity index (χ0n) is 12.0. The molecule has 2 amide bonds. The summed E-state index contributed by atoms with van der Waals surface area (Å²) in [4.78, 5) is 17.5. The van der Waals surface area contributed by atoms with Crippen molar-refractivity contribution in [3.05, 3.63) is 18.7 Å². The molecule has 6 heteroatoms. The Hall–Kier alpha value is -1.56. The molecule has 0 saturated carbocycles. The maximum absolute atomic E-state index is 11.9. The molecule has 1 atom stereocenters. The molecule has 1 heterocycles. The Kier molecular flexibility index (Phi) is 6.95. The maximum Gasteiger partial charge on any atom is 0.317 e. The first-order valence-electron chi connectivity index (χ1n) is 6.73. The molecule has 6 nitrogen and oxygen atoms in total. The van der Waals surface area contributed by atoms with Gasteiger partial charge in [-0.2, -0.15) is 0 Å². The van der Waals surface area contributed by atoms with Gasteiger partial charge in [0.15, 0.2) is 0 Å². The van der Waals surface area contributed by atoms with Gasteiger partial charge in [-0.1, -0.05) is 6.92 Å². The fourth-order valence-electron chi connectivity index (χ4n) is 1.68. The minimum Gasteiger partial charge on any atom is -0.377 e. The zero-order chi connectivity index (χ0) is 14.1. The molecule has 1 rings (SSSR count). The van der Waals surface area contributed by atoms with Crippen molar-refractivity contribution < 1.29 is 9.53 Å². The first-order chi connectivity index (χ1) is 9.17. The van der Waals surface area contributed by atoms with Gasteiger partial charge in [-0.15, -0.1) is 0 Å². The monoisotopic (exact) mass is 268 g/mol. The molecule has 0 unspecified atom stereocenters. The van der Waals surface area contributed by atoms with Crippen LogP contribution >= 0.6 is 0 Å². The number of amides is 2. The highest BCUT2D eigenvalue weighted by Crippen LogP contribution is 1.97. The Balaban J connectivity index is 2.24. The van der Waals surface area contributed by atoms with Gasteiger partial charge in [0.1, 0.15) is 0 Å². The summed E-state index contributed by atoms with van der Waals surface area (Å²) < 4.78 is 7.44. The van der Waals surface area contributed by atoms with Crippen molar-refractivity contribution in [1.82, 2.24) is 19.8 Å². The summed E-state index contributed by atoms with van der Waals surface area (Å²) in [6.45, 7) is 6.63. The molecule has 0 aromatic carbocycles. The number of nitrogens with zero attached hydrogens (tertiary/aromatic N) is 3. The van der Waals surface area contributed by atoms with Crippen LogP contribution in [0.3, 0.4) is 0 Å². The van der Waals surface area contributed by atoms with Gasteiger partial charge in [-0.25, -0.2) is 9.78 Å². The van der Waals surface area contributed by atoms with E-state index in [2.05, 4.69) is 17.2 Å². The first-order valence-corrected chi connectivity index (χ1v) is 6.73. The number of hydrogen-bond acceptors (Lipinski definition) is 3. The van der Waals surface area contributed by atoms with Gasteiger partial charge in [-0.05, 0) is 13.3 Å². The van der Waals surface area contributed by atoms with Crippen molar-refractivity contribution in [2.45, 2.75) is 32.9 Å². The van der Waals surface area contributed by atoms with Crippen molar-refractivity contribution >= 4 is 6.03 Å². The fourth-order valence-corrected chi connectivity index (χ4v) is 1.68. The molecule has 0 spiro atoms. The SMILES string of the molecule is CCO[C@@H](CC)CNC(=O)N(C)CCn1ccnc1. The molecular formula is C13H24N4O2. The van der Waals surface area contributed by atoms with Gasteiger partial charge >= 0.3 is 6.03 Å². The second-order valence-corrected chi connectivity index (χ2v) is 4.39. The van der Waals surface area contributed by atoms with E-state index in [1.165, 1.54) is 0 Å². The largest absolute Gasteiger partial charge is 0.377 e. The van der Waals surface area contributed by atoms with E-state index in [9.17, 15) is 4.79 Å². The summed E-state index contributed by atoms with van der Waals surface area (Å²) >= 11 is 0. The van der Waals surface area contributed by atoms with Gasteiger partial charge in [-0.3, -0.25) is 0 Å². The van der Waals surface area contributed by atoms with Gasteiger partial charge in [0.25, 0.3) is 0 Å². The summed E-state index contributed by atoms with van der Waals surface area (Å²) in [6, 6.07) is -0.0710. The van der Waals surface area contributed by atoms with Crippen molar-refractivity contribution in [3.8, 4) is 0 Å². The molecule has 0 bridgehead atoms. The normalized spacial score (nSPS) is 12.2. The van der Waals surface area contributed by atoms with Crippen LogP contribution in [0, 0.1) is 0 Å². The van der Waals surface area contributed by atoms with E-state index in [0.29, 0.717) is 19.7 Å². The molecule has 0 aliphatic heterocycles. The van der Waals surface area contributed by atoms with Gasteiger partial charge in [0.05, 0.1) is 12.4 Å². The van der Waals surface area contributed by atoms with E-state index >= 15 is 0 Å². The molecule has 1 N–H and O–H groups in total. The third-order valence-corrected chi connectivity index (χ3v) is 2.94. The van der Waals surface area contributed by atoms with Gasteiger partial charge < -0.3 is 19.5 Å².